The van der Waals surface area contributed by atoms with Crippen LogP contribution in [0.25, 0.3) is 0 Å². The zero-order chi connectivity index (χ0) is 15.2. The molecule has 8 heteroatoms. The Bertz CT molecular complexity index is 460. The molecule has 3 N–H and O–H groups in total. The van der Waals surface area contributed by atoms with Crippen molar-refractivity contribution in [3.8, 4) is 0 Å². The Labute approximate surface area is 121 Å². The van der Waals surface area contributed by atoms with Crippen LogP contribution in [0.4, 0.5) is 4.79 Å². The topological polar surface area (TPSA) is 110 Å². The third-order valence-corrected chi connectivity index (χ3v) is 5.05. The second-order valence-electron chi connectivity index (χ2n) is 6.02. The molecule has 4 amide bonds. The van der Waals surface area contributed by atoms with Crippen LogP contribution in [0.15, 0.2) is 0 Å². The van der Waals surface area contributed by atoms with Crippen LogP contribution in [0.5, 0.6) is 0 Å². The highest BCUT2D eigenvalue weighted by atomic mass is 16.3. The van der Waals surface area contributed by atoms with E-state index in [4.69, 9.17) is 0 Å². The molecule has 2 heterocycles. The monoisotopic (exact) mass is 297 g/mol. The van der Waals surface area contributed by atoms with Crippen molar-refractivity contribution in [2.45, 2.75) is 31.5 Å². The van der Waals surface area contributed by atoms with Gasteiger partial charge in [-0.05, 0) is 12.8 Å². The van der Waals surface area contributed by atoms with Crippen LogP contribution in [0.3, 0.4) is 0 Å². The molecule has 3 aliphatic rings. The maximum absolute atomic E-state index is 12.2. The first-order valence-electron chi connectivity index (χ1n) is 7.16. The minimum absolute atomic E-state index is 0.0619. The molecule has 1 aliphatic carbocycles. The van der Waals surface area contributed by atoms with Gasteiger partial charge in [0, 0.05) is 24.9 Å². The van der Waals surface area contributed by atoms with Crippen molar-refractivity contribution in [1.82, 2.24) is 15.1 Å². The molecule has 2 atom stereocenters. The fourth-order valence-corrected chi connectivity index (χ4v) is 3.43. The van der Waals surface area contributed by atoms with Crippen LogP contribution < -0.4 is 5.32 Å². The lowest BCUT2D eigenvalue weighted by Crippen LogP contribution is -2.62. The van der Waals surface area contributed by atoms with Gasteiger partial charge in [-0.15, -0.1) is 0 Å². The molecule has 0 radical (unpaired) electrons. The predicted octanol–water partition coefficient (Wildman–Crippen LogP) is -1.73. The van der Waals surface area contributed by atoms with Crippen molar-refractivity contribution in [3.63, 3.8) is 0 Å². The van der Waals surface area contributed by atoms with Crippen LogP contribution in [0.2, 0.25) is 0 Å². The molecule has 21 heavy (non-hydrogen) atoms. The summed E-state index contributed by atoms with van der Waals surface area (Å²) in [5, 5.41) is 22.1. The number of urea groups is 1. The number of carbonyl (C=O) groups excluding carboxylic acids is 3. The highest BCUT2D eigenvalue weighted by molar-refractivity contribution is 6.04. The highest BCUT2D eigenvalue weighted by Gasteiger charge is 2.55. The highest BCUT2D eigenvalue weighted by Crippen LogP contribution is 2.49. The maximum Gasteiger partial charge on any atom is 0.325 e. The third-order valence-electron chi connectivity index (χ3n) is 5.05. The van der Waals surface area contributed by atoms with Crippen molar-refractivity contribution in [2.75, 3.05) is 26.2 Å². The molecule has 0 aromatic heterocycles. The number of hydrogen-bond donors (Lipinski definition) is 3. The number of carbonyl (C=O) groups is 3. The van der Waals surface area contributed by atoms with Crippen molar-refractivity contribution < 1.29 is 24.6 Å². The Hall–Kier alpha value is -1.67. The summed E-state index contributed by atoms with van der Waals surface area (Å²) >= 11 is 0. The number of amides is 4. The molecule has 0 aromatic rings. The van der Waals surface area contributed by atoms with E-state index in [9.17, 15) is 24.6 Å². The maximum atomic E-state index is 12.2. The van der Waals surface area contributed by atoms with Crippen molar-refractivity contribution in [2.24, 2.45) is 5.41 Å². The largest absolute Gasteiger partial charge is 0.392 e. The van der Waals surface area contributed by atoms with Gasteiger partial charge in [-0.2, -0.15) is 0 Å². The number of aliphatic hydroxyl groups excluding tert-OH is 2. The molecule has 0 bridgehead atoms. The normalized spacial score (nSPS) is 31.3. The average molecular weight is 297 g/mol. The summed E-state index contributed by atoms with van der Waals surface area (Å²) in [6, 6.07) is -0.535. The van der Waals surface area contributed by atoms with Crippen LogP contribution >= 0.6 is 0 Å². The second kappa shape index (κ2) is 4.96. The van der Waals surface area contributed by atoms with Crippen LogP contribution in [-0.2, 0) is 9.59 Å². The van der Waals surface area contributed by atoms with E-state index in [0.717, 1.165) is 4.90 Å². The van der Waals surface area contributed by atoms with E-state index in [1.54, 1.807) is 4.90 Å². The molecular weight excluding hydrogens is 278 g/mol. The van der Waals surface area contributed by atoms with Gasteiger partial charge in [-0.1, -0.05) is 0 Å². The summed E-state index contributed by atoms with van der Waals surface area (Å²) in [5.74, 6) is -0.676. The smallest absolute Gasteiger partial charge is 0.325 e. The van der Waals surface area contributed by atoms with Crippen molar-refractivity contribution in [3.05, 3.63) is 0 Å². The molecule has 2 saturated heterocycles. The lowest BCUT2D eigenvalue weighted by Gasteiger charge is -2.55. The quantitative estimate of drug-likeness (QED) is 0.525. The van der Waals surface area contributed by atoms with Gasteiger partial charge < -0.3 is 20.4 Å². The SMILES string of the molecule is O=C(CN1C(=O)CNC1=O)N1CCC2(CC1)[C@H](O)C[C@@H]2O. The van der Waals surface area contributed by atoms with E-state index < -0.39 is 29.6 Å². The Kier molecular flexibility index (Phi) is 3.37. The summed E-state index contributed by atoms with van der Waals surface area (Å²) in [7, 11) is 0. The van der Waals surface area contributed by atoms with Gasteiger partial charge in [0.2, 0.25) is 5.91 Å². The molecule has 0 aromatic carbocycles. The van der Waals surface area contributed by atoms with Crippen LogP contribution in [-0.4, -0.2) is 76.2 Å². The average Bonchev–Trinajstić information content (AvgIpc) is 2.79. The molecular formula is C13H19N3O5. The van der Waals surface area contributed by atoms with E-state index in [-0.39, 0.29) is 19.0 Å². The third kappa shape index (κ3) is 2.18. The van der Waals surface area contributed by atoms with E-state index in [0.29, 0.717) is 32.4 Å². The number of nitrogens with one attached hydrogen (secondary N) is 1. The minimum atomic E-state index is -0.535. The van der Waals surface area contributed by atoms with Gasteiger partial charge in [0.15, 0.2) is 0 Å². The molecule has 8 nitrogen and oxygen atoms in total. The summed E-state index contributed by atoms with van der Waals surface area (Å²) in [5.41, 5.74) is -0.475. The van der Waals surface area contributed by atoms with Gasteiger partial charge >= 0.3 is 6.03 Å². The number of piperidine rings is 1. The van der Waals surface area contributed by atoms with Gasteiger partial charge in [-0.3, -0.25) is 14.5 Å². The number of likely N-dealkylation sites (tertiary alicyclic amines) is 1. The Morgan fingerprint density at radius 1 is 1.24 bits per heavy atom. The Balaban J connectivity index is 1.56. The first-order valence-corrected chi connectivity index (χ1v) is 7.16. The van der Waals surface area contributed by atoms with Crippen molar-refractivity contribution in [1.29, 1.82) is 0 Å². The van der Waals surface area contributed by atoms with E-state index >= 15 is 0 Å². The molecule has 116 valence electrons. The summed E-state index contributed by atoms with van der Waals surface area (Å²) in [6.45, 7) is 0.545. The van der Waals surface area contributed by atoms with Gasteiger partial charge in [-0.25, -0.2) is 4.79 Å². The van der Waals surface area contributed by atoms with Crippen LogP contribution in [0, 0.1) is 5.41 Å². The first-order chi connectivity index (χ1) is 9.94. The Morgan fingerprint density at radius 2 is 1.86 bits per heavy atom. The predicted molar refractivity (Wildman–Crippen MR) is 70.0 cm³/mol. The van der Waals surface area contributed by atoms with Crippen LogP contribution in [0.1, 0.15) is 19.3 Å². The Morgan fingerprint density at radius 3 is 2.33 bits per heavy atom. The zero-order valence-electron chi connectivity index (χ0n) is 11.6. The summed E-state index contributed by atoms with van der Waals surface area (Å²) in [6.07, 6.45) is 0.477. The lowest BCUT2D eigenvalue weighted by atomic mass is 9.58. The number of hydrogen-bond acceptors (Lipinski definition) is 5. The fourth-order valence-electron chi connectivity index (χ4n) is 3.43. The van der Waals surface area contributed by atoms with Gasteiger partial charge in [0.1, 0.15) is 6.54 Å². The van der Waals surface area contributed by atoms with E-state index in [2.05, 4.69) is 5.32 Å². The summed E-state index contributed by atoms with van der Waals surface area (Å²) < 4.78 is 0. The number of nitrogens with zero attached hydrogens (tertiary/aromatic N) is 2. The number of imide groups is 1. The van der Waals surface area contributed by atoms with E-state index in [1.807, 2.05) is 0 Å². The van der Waals surface area contributed by atoms with Crippen molar-refractivity contribution >= 4 is 17.8 Å². The van der Waals surface area contributed by atoms with E-state index in [1.165, 1.54) is 0 Å². The van der Waals surface area contributed by atoms with Gasteiger partial charge in [0.05, 0.1) is 18.8 Å². The zero-order valence-corrected chi connectivity index (χ0v) is 11.6. The second-order valence-corrected chi connectivity index (χ2v) is 6.02. The lowest BCUT2D eigenvalue weighted by molar-refractivity contribution is -0.191. The standard InChI is InChI=1S/C13H19N3O5/c17-8-5-9(18)13(8)1-3-15(4-2-13)11(20)7-16-10(19)6-14-12(16)21/h8-9,17-18H,1-7H2,(H,14,21)/t8-,9+. The molecule has 1 saturated carbocycles. The molecule has 1 spiro atoms. The molecule has 2 aliphatic heterocycles. The fraction of sp³-hybridized carbons (Fsp3) is 0.769. The number of rotatable bonds is 2. The molecule has 0 unspecified atom stereocenters. The number of aliphatic hydroxyl groups is 2. The summed E-state index contributed by atoms with van der Waals surface area (Å²) in [4.78, 5) is 37.5. The minimum Gasteiger partial charge on any atom is -0.392 e. The first kappa shape index (κ1) is 14.3. The molecule has 3 fully saturated rings. The molecule has 3 rings (SSSR count). The van der Waals surface area contributed by atoms with Gasteiger partial charge in [0.25, 0.3) is 5.91 Å².